The Hall–Kier alpha value is -0.0400. The van der Waals surface area contributed by atoms with Crippen molar-refractivity contribution >= 4 is 5.97 Å². The van der Waals surface area contributed by atoms with Crippen LogP contribution in [0.15, 0.2) is 0 Å². The fraction of sp³-hybridized carbons (Fsp3) is 0.600. The number of rotatable bonds is 2. The summed E-state index contributed by atoms with van der Waals surface area (Å²) in [6.45, 7) is 1.63. The minimum Gasteiger partial charge on any atom is -0.549 e. The molecule has 3 nitrogen and oxygen atoms in total. The van der Waals surface area contributed by atoms with Crippen LogP contribution in [0.3, 0.4) is 0 Å². The number of hydrogen-bond donors (Lipinski definition) is 0. The van der Waals surface area contributed by atoms with Gasteiger partial charge < -0.3 is 9.90 Å². The largest absolute Gasteiger partial charge is 1.00 e. The summed E-state index contributed by atoms with van der Waals surface area (Å²) in [5, 5.41) is 17.9. The maximum absolute atomic E-state index is 9.83. The van der Waals surface area contributed by atoms with Gasteiger partial charge in [0.1, 0.15) is 0 Å². The molecule has 0 rings (SSSR count). The van der Waals surface area contributed by atoms with Crippen LogP contribution in [0.25, 0.3) is 0 Å². The molecule has 0 fully saturated rings. The van der Waals surface area contributed by atoms with E-state index in [2.05, 4.69) is 0 Å². The Morgan fingerprint density at radius 2 is 2.33 bits per heavy atom. The quantitative estimate of drug-likeness (QED) is 0.366. The number of carbonyl (C=O) groups is 1. The van der Waals surface area contributed by atoms with E-state index >= 15 is 0 Å². The summed E-state index contributed by atoms with van der Waals surface area (Å²) in [6, 6.07) is 1.59. The SMILES string of the molecule is CCC(C#N)C(=O)[O-].[Na+]. The third-order valence-electron chi connectivity index (χ3n) is 0.849. The summed E-state index contributed by atoms with van der Waals surface area (Å²) in [5.74, 6) is -2.22. The fourth-order valence-electron chi connectivity index (χ4n) is 0.311. The maximum Gasteiger partial charge on any atom is 1.00 e. The van der Waals surface area contributed by atoms with Crippen molar-refractivity contribution in [1.82, 2.24) is 0 Å². The van der Waals surface area contributed by atoms with E-state index in [9.17, 15) is 9.90 Å². The molecule has 0 saturated heterocycles. The van der Waals surface area contributed by atoms with E-state index in [4.69, 9.17) is 5.26 Å². The molecule has 0 heterocycles. The van der Waals surface area contributed by atoms with Gasteiger partial charge in [-0.1, -0.05) is 6.92 Å². The molecule has 1 unspecified atom stereocenters. The van der Waals surface area contributed by atoms with Crippen LogP contribution in [-0.2, 0) is 4.79 Å². The first kappa shape index (κ1) is 11.7. The van der Waals surface area contributed by atoms with Gasteiger partial charge in [-0.2, -0.15) is 5.26 Å². The van der Waals surface area contributed by atoms with Crippen LogP contribution in [0, 0.1) is 17.2 Å². The monoisotopic (exact) mass is 135 g/mol. The van der Waals surface area contributed by atoms with Crippen LogP contribution < -0.4 is 34.7 Å². The molecular weight excluding hydrogens is 129 g/mol. The van der Waals surface area contributed by atoms with E-state index in [0.717, 1.165) is 0 Å². The van der Waals surface area contributed by atoms with E-state index in [1.807, 2.05) is 0 Å². The second kappa shape index (κ2) is 6.09. The number of carboxylic acids is 1. The summed E-state index contributed by atoms with van der Waals surface area (Å²) in [7, 11) is 0. The Kier molecular flexibility index (Phi) is 7.92. The molecule has 0 radical (unpaired) electrons. The molecule has 0 aromatic carbocycles. The van der Waals surface area contributed by atoms with Crippen LogP contribution in [-0.4, -0.2) is 5.97 Å². The van der Waals surface area contributed by atoms with Gasteiger partial charge in [-0.15, -0.1) is 0 Å². The molecule has 0 bridgehead atoms. The van der Waals surface area contributed by atoms with Crippen LogP contribution in [0.4, 0.5) is 0 Å². The molecule has 0 aromatic heterocycles. The second-order valence-electron chi connectivity index (χ2n) is 1.41. The Morgan fingerprint density at radius 3 is 2.33 bits per heavy atom. The van der Waals surface area contributed by atoms with Gasteiger partial charge in [0.15, 0.2) is 0 Å². The fourth-order valence-corrected chi connectivity index (χ4v) is 0.311. The average Bonchev–Trinajstić information content (AvgIpc) is 1.69. The minimum absolute atomic E-state index is 0. The van der Waals surface area contributed by atoms with Crippen molar-refractivity contribution in [3.8, 4) is 6.07 Å². The van der Waals surface area contributed by atoms with Gasteiger partial charge in [-0.3, -0.25) is 0 Å². The van der Waals surface area contributed by atoms with E-state index in [0.29, 0.717) is 6.42 Å². The standard InChI is InChI=1S/C5H7NO2.Na/c1-2-4(3-6)5(7)8;/h4H,2H2,1H3,(H,7,8);/q;+1/p-1. The number of nitriles is 1. The van der Waals surface area contributed by atoms with Crippen LogP contribution in [0.1, 0.15) is 13.3 Å². The van der Waals surface area contributed by atoms with Crippen LogP contribution in [0.2, 0.25) is 0 Å². The van der Waals surface area contributed by atoms with E-state index < -0.39 is 11.9 Å². The molecular formula is C5H6NNaO2. The molecule has 0 N–H and O–H groups in total. The minimum atomic E-state index is -1.28. The Morgan fingerprint density at radius 1 is 1.89 bits per heavy atom. The number of carbonyl (C=O) groups excluding carboxylic acids is 1. The molecule has 0 aromatic rings. The Bertz CT molecular complexity index is 129. The first-order valence-electron chi connectivity index (χ1n) is 2.32. The zero-order valence-electron chi connectivity index (χ0n) is 5.55. The van der Waals surface area contributed by atoms with E-state index in [1.165, 1.54) is 0 Å². The van der Waals surface area contributed by atoms with Crippen molar-refractivity contribution in [2.24, 2.45) is 5.92 Å². The van der Waals surface area contributed by atoms with Crippen molar-refractivity contribution in [3.63, 3.8) is 0 Å². The smallest absolute Gasteiger partial charge is 0.549 e. The van der Waals surface area contributed by atoms with Crippen molar-refractivity contribution < 1.29 is 39.5 Å². The van der Waals surface area contributed by atoms with Gasteiger partial charge in [0.05, 0.1) is 18.0 Å². The zero-order valence-corrected chi connectivity index (χ0v) is 7.55. The van der Waals surface area contributed by atoms with Crippen LogP contribution in [0.5, 0.6) is 0 Å². The summed E-state index contributed by atoms with van der Waals surface area (Å²) in [5.41, 5.74) is 0. The van der Waals surface area contributed by atoms with E-state index in [-0.39, 0.29) is 29.6 Å². The molecule has 0 saturated carbocycles. The third-order valence-corrected chi connectivity index (χ3v) is 0.849. The second-order valence-corrected chi connectivity index (χ2v) is 1.41. The molecule has 4 heteroatoms. The Balaban J connectivity index is 0. The van der Waals surface area contributed by atoms with Crippen molar-refractivity contribution in [2.75, 3.05) is 0 Å². The molecule has 0 aliphatic rings. The van der Waals surface area contributed by atoms with Gasteiger partial charge in [0.2, 0.25) is 0 Å². The van der Waals surface area contributed by atoms with Gasteiger partial charge in [-0.25, -0.2) is 0 Å². The zero-order chi connectivity index (χ0) is 6.57. The van der Waals surface area contributed by atoms with Gasteiger partial charge >= 0.3 is 29.6 Å². The normalized spacial score (nSPS) is 10.7. The molecule has 1 atom stereocenters. The summed E-state index contributed by atoms with van der Waals surface area (Å²) in [6.07, 6.45) is 0.318. The van der Waals surface area contributed by atoms with Gasteiger partial charge in [0, 0.05) is 0 Å². The predicted octanol–water partition coefficient (Wildman–Crippen LogP) is -3.71. The van der Waals surface area contributed by atoms with Crippen molar-refractivity contribution in [3.05, 3.63) is 0 Å². The van der Waals surface area contributed by atoms with Gasteiger partial charge in [-0.05, 0) is 6.42 Å². The summed E-state index contributed by atoms with van der Waals surface area (Å²) >= 11 is 0. The number of aliphatic carboxylic acids is 1. The van der Waals surface area contributed by atoms with Crippen LogP contribution >= 0.6 is 0 Å². The number of nitrogens with zero attached hydrogens (tertiary/aromatic N) is 1. The topological polar surface area (TPSA) is 63.9 Å². The summed E-state index contributed by atoms with van der Waals surface area (Å²) in [4.78, 5) is 9.83. The molecule has 0 spiro atoms. The van der Waals surface area contributed by atoms with Crippen molar-refractivity contribution in [2.45, 2.75) is 13.3 Å². The molecule has 0 aliphatic carbocycles. The maximum atomic E-state index is 9.83. The number of carboxylic acid groups (broad SMARTS) is 1. The predicted molar refractivity (Wildman–Crippen MR) is 24.4 cm³/mol. The average molecular weight is 135 g/mol. The van der Waals surface area contributed by atoms with E-state index in [1.54, 1.807) is 13.0 Å². The first-order valence-corrected chi connectivity index (χ1v) is 2.32. The molecule has 0 aliphatic heterocycles. The Labute approximate surface area is 76.0 Å². The molecule has 44 valence electrons. The molecule has 9 heavy (non-hydrogen) atoms. The van der Waals surface area contributed by atoms with Crippen molar-refractivity contribution in [1.29, 1.82) is 5.26 Å². The third kappa shape index (κ3) is 4.46. The summed E-state index contributed by atoms with van der Waals surface area (Å²) < 4.78 is 0. The first-order chi connectivity index (χ1) is 3.72. The molecule has 0 amide bonds. The number of hydrogen-bond acceptors (Lipinski definition) is 3. The van der Waals surface area contributed by atoms with Gasteiger partial charge in [0.25, 0.3) is 0 Å².